The van der Waals surface area contributed by atoms with E-state index in [0.29, 0.717) is 4.90 Å². The zero-order chi connectivity index (χ0) is 18.3. The summed E-state index contributed by atoms with van der Waals surface area (Å²) < 4.78 is 22.9. The molecule has 0 aliphatic heterocycles. The van der Waals surface area contributed by atoms with Crippen LogP contribution in [0.1, 0.15) is 11.1 Å². The van der Waals surface area contributed by atoms with Gasteiger partial charge in [0.25, 0.3) is 0 Å². The Labute approximate surface area is 150 Å². The van der Waals surface area contributed by atoms with E-state index in [1.54, 1.807) is 24.3 Å². The van der Waals surface area contributed by atoms with Crippen molar-refractivity contribution in [3.8, 4) is 0 Å². The molecule has 0 N–H and O–H groups in total. The normalized spacial score (nSPS) is 11.4. The van der Waals surface area contributed by atoms with E-state index in [9.17, 15) is 8.42 Å². The number of anilines is 1. The van der Waals surface area contributed by atoms with E-state index < -0.39 is 9.84 Å². The quantitative estimate of drug-likeness (QED) is 0.520. The highest BCUT2D eigenvalue weighted by Gasteiger charge is 2.05. The van der Waals surface area contributed by atoms with Crippen LogP contribution < -0.4 is 4.90 Å². The topological polar surface area (TPSA) is 37.4 Å². The number of benzene rings is 2. The predicted octanol–water partition coefficient (Wildman–Crippen LogP) is 4.44. The lowest BCUT2D eigenvalue weighted by atomic mass is 10.1. The third-order valence-electron chi connectivity index (χ3n) is 3.73. The molecule has 0 amide bonds. The number of rotatable bonds is 8. The SMILES string of the molecule is C=CCN(CC=C)c1ccc(C=Cc2ccc(S(C)(=O)=O)cc2)cc1. The second-order valence-corrected chi connectivity index (χ2v) is 7.76. The van der Waals surface area contributed by atoms with E-state index in [1.165, 1.54) is 6.26 Å². The molecule has 0 saturated heterocycles. The van der Waals surface area contributed by atoms with Gasteiger partial charge >= 0.3 is 0 Å². The summed E-state index contributed by atoms with van der Waals surface area (Å²) in [5, 5.41) is 0. The Morgan fingerprint density at radius 2 is 1.28 bits per heavy atom. The highest BCUT2D eigenvalue weighted by molar-refractivity contribution is 7.90. The van der Waals surface area contributed by atoms with Gasteiger partial charge in [-0.15, -0.1) is 13.2 Å². The lowest BCUT2D eigenvalue weighted by Gasteiger charge is -2.21. The van der Waals surface area contributed by atoms with Crippen LogP contribution in [0.15, 0.2) is 78.7 Å². The van der Waals surface area contributed by atoms with Crippen LogP contribution in [-0.2, 0) is 9.84 Å². The molecule has 0 aliphatic carbocycles. The van der Waals surface area contributed by atoms with Crippen molar-refractivity contribution < 1.29 is 8.42 Å². The van der Waals surface area contributed by atoms with E-state index in [4.69, 9.17) is 0 Å². The molecule has 2 rings (SSSR count). The Kier molecular flexibility index (Phi) is 6.37. The first-order valence-electron chi connectivity index (χ1n) is 7.99. The van der Waals surface area contributed by atoms with Crippen LogP contribution in [0.4, 0.5) is 5.69 Å². The summed E-state index contributed by atoms with van der Waals surface area (Å²) in [5.74, 6) is 0. The standard InChI is InChI=1S/C21H23NO2S/c1-4-16-22(17-5-2)20-12-8-18(9-13-20)6-7-19-10-14-21(15-11-19)25(3,23)24/h4-15H,1-2,16-17H2,3H3. The Hall–Kier alpha value is -2.59. The molecular weight excluding hydrogens is 330 g/mol. The zero-order valence-corrected chi connectivity index (χ0v) is 15.2. The molecule has 4 heteroatoms. The van der Waals surface area contributed by atoms with Gasteiger partial charge in [-0.3, -0.25) is 0 Å². The summed E-state index contributed by atoms with van der Waals surface area (Å²) in [5.41, 5.74) is 3.15. The third kappa shape index (κ3) is 5.47. The lowest BCUT2D eigenvalue weighted by molar-refractivity contribution is 0.602. The fourth-order valence-corrected chi connectivity index (χ4v) is 3.04. The summed E-state index contributed by atoms with van der Waals surface area (Å²) >= 11 is 0. The molecule has 0 unspecified atom stereocenters. The minimum absolute atomic E-state index is 0.332. The average molecular weight is 353 g/mol. The second-order valence-electron chi connectivity index (χ2n) is 5.75. The Morgan fingerprint density at radius 1 is 0.840 bits per heavy atom. The largest absolute Gasteiger partial charge is 0.364 e. The molecule has 0 heterocycles. The first-order valence-corrected chi connectivity index (χ1v) is 9.88. The minimum Gasteiger partial charge on any atom is -0.364 e. The predicted molar refractivity (Wildman–Crippen MR) is 108 cm³/mol. The van der Waals surface area contributed by atoms with Gasteiger partial charge in [-0.2, -0.15) is 0 Å². The molecule has 0 radical (unpaired) electrons. The molecule has 0 saturated carbocycles. The van der Waals surface area contributed by atoms with Crippen LogP contribution in [0.5, 0.6) is 0 Å². The maximum atomic E-state index is 11.5. The van der Waals surface area contributed by atoms with Gasteiger partial charge in [0, 0.05) is 25.0 Å². The summed E-state index contributed by atoms with van der Waals surface area (Å²) in [6, 6.07) is 15.1. The number of nitrogens with zero attached hydrogens (tertiary/aromatic N) is 1. The van der Waals surface area contributed by atoms with Crippen LogP contribution in [0, 0.1) is 0 Å². The van der Waals surface area contributed by atoms with Crippen molar-refractivity contribution in [3.05, 3.63) is 85.0 Å². The van der Waals surface area contributed by atoms with E-state index in [1.807, 2.05) is 24.3 Å². The highest BCUT2D eigenvalue weighted by atomic mass is 32.2. The Balaban J connectivity index is 2.11. The van der Waals surface area contributed by atoms with Gasteiger partial charge in [0.05, 0.1) is 4.90 Å². The number of sulfone groups is 1. The maximum Gasteiger partial charge on any atom is 0.175 e. The molecule has 2 aromatic carbocycles. The van der Waals surface area contributed by atoms with Crippen molar-refractivity contribution in [2.45, 2.75) is 4.90 Å². The molecule has 0 atom stereocenters. The van der Waals surface area contributed by atoms with Crippen molar-refractivity contribution in [2.75, 3.05) is 24.2 Å². The molecule has 3 nitrogen and oxygen atoms in total. The smallest absolute Gasteiger partial charge is 0.175 e. The Bertz CT molecular complexity index is 838. The number of hydrogen-bond donors (Lipinski definition) is 0. The summed E-state index contributed by atoms with van der Waals surface area (Å²) in [6.07, 6.45) is 8.92. The molecule has 0 fully saturated rings. The van der Waals surface area contributed by atoms with E-state index in [0.717, 1.165) is 29.9 Å². The second kappa shape index (κ2) is 8.49. The lowest BCUT2D eigenvalue weighted by Crippen LogP contribution is -2.22. The fraction of sp³-hybridized carbons (Fsp3) is 0.143. The Morgan fingerprint density at radius 3 is 1.68 bits per heavy atom. The van der Waals surface area contributed by atoms with Gasteiger partial charge in [0.1, 0.15) is 0 Å². The number of hydrogen-bond acceptors (Lipinski definition) is 3. The monoisotopic (exact) mass is 353 g/mol. The van der Waals surface area contributed by atoms with Crippen molar-refractivity contribution >= 4 is 27.7 Å². The van der Waals surface area contributed by atoms with Gasteiger partial charge in [-0.1, -0.05) is 48.6 Å². The van der Waals surface area contributed by atoms with Crippen LogP contribution in [-0.4, -0.2) is 27.8 Å². The van der Waals surface area contributed by atoms with Gasteiger partial charge in [0.15, 0.2) is 9.84 Å². The van der Waals surface area contributed by atoms with Crippen LogP contribution >= 0.6 is 0 Å². The van der Waals surface area contributed by atoms with Crippen LogP contribution in [0.25, 0.3) is 12.2 Å². The summed E-state index contributed by atoms with van der Waals surface area (Å²) in [6.45, 7) is 9.11. The van der Waals surface area contributed by atoms with Crippen molar-refractivity contribution in [1.82, 2.24) is 0 Å². The zero-order valence-electron chi connectivity index (χ0n) is 14.4. The summed E-state index contributed by atoms with van der Waals surface area (Å²) in [4.78, 5) is 2.51. The molecule has 0 aromatic heterocycles. The van der Waals surface area contributed by atoms with Crippen LogP contribution in [0.3, 0.4) is 0 Å². The van der Waals surface area contributed by atoms with Crippen molar-refractivity contribution in [3.63, 3.8) is 0 Å². The van der Waals surface area contributed by atoms with Crippen molar-refractivity contribution in [2.24, 2.45) is 0 Å². The molecule has 130 valence electrons. The first kappa shape index (κ1) is 18.7. The first-order chi connectivity index (χ1) is 11.9. The van der Waals surface area contributed by atoms with Crippen molar-refractivity contribution in [1.29, 1.82) is 0 Å². The van der Waals surface area contributed by atoms with Gasteiger partial charge in [0.2, 0.25) is 0 Å². The van der Waals surface area contributed by atoms with Crippen LogP contribution in [0.2, 0.25) is 0 Å². The van der Waals surface area contributed by atoms with Gasteiger partial charge in [-0.05, 0) is 35.4 Å². The van der Waals surface area contributed by atoms with E-state index in [-0.39, 0.29) is 0 Å². The van der Waals surface area contributed by atoms with Gasteiger partial charge in [-0.25, -0.2) is 8.42 Å². The van der Waals surface area contributed by atoms with Gasteiger partial charge < -0.3 is 4.90 Å². The molecule has 0 spiro atoms. The fourth-order valence-electron chi connectivity index (χ4n) is 2.41. The maximum absolute atomic E-state index is 11.5. The van der Waals surface area contributed by atoms with E-state index in [2.05, 4.69) is 42.3 Å². The molecule has 0 bridgehead atoms. The third-order valence-corrected chi connectivity index (χ3v) is 4.86. The molecule has 0 aliphatic rings. The average Bonchev–Trinajstić information content (AvgIpc) is 2.60. The summed E-state index contributed by atoms with van der Waals surface area (Å²) in [7, 11) is -3.15. The molecule has 2 aromatic rings. The highest BCUT2D eigenvalue weighted by Crippen LogP contribution is 2.17. The molecular formula is C21H23NO2S. The minimum atomic E-state index is -3.15. The molecule has 25 heavy (non-hydrogen) atoms. The van der Waals surface area contributed by atoms with E-state index >= 15 is 0 Å².